The van der Waals surface area contributed by atoms with Crippen molar-refractivity contribution in [1.82, 2.24) is 19.7 Å². The number of hydrogen-bond acceptors (Lipinski definition) is 4. The minimum Gasteiger partial charge on any atom is -0.382 e. The fourth-order valence-electron chi connectivity index (χ4n) is 2.75. The Morgan fingerprint density at radius 1 is 1.28 bits per heavy atom. The molecule has 1 N–H and O–H groups in total. The van der Waals surface area contributed by atoms with Gasteiger partial charge in [0.2, 0.25) is 0 Å². The molecule has 0 spiro atoms. The lowest BCUT2D eigenvalue weighted by atomic mass is 9.79. The number of aliphatic hydroxyl groups is 1. The van der Waals surface area contributed by atoms with Gasteiger partial charge in [-0.05, 0) is 34.1 Å². The van der Waals surface area contributed by atoms with E-state index < -0.39 is 23.2 Å². The highest BCUT2D eigenvalue weighted by Gasteiger charge is 2.40. The van der Waals surface area contributed by atoms with Gasteiger partial charge in [0, 0.05) is 33.9 Å². The summed E-state index contributed by atoms with van der Waals surface area (Å²) in [5.41, 5.74) is -1.16. The van der Waals surface area contributed by atoms with Gasteiger partial charge in [-0.1, -0.05) is 13.0 Å². The number of halogens is 3. The predicted molar refractivity (Wildman–Crippen MR) is 90.6 cm³/mol. The highest BCUT2D eigenvalue weighted by molar-refractivity contribution is 9.10. The monoisotopic (exact) mass is 408 g/mol. The van der Waals surface area contributed by atoms with Crippen molar-refractivity contribution >= 4 is 15.9 Å². The van der Waals surface area contributed by atoms with Gasteiger partial charge in [-0.3, -0.25) is 4.98 Å². The van der Waals surface area contributed by atoms with Crippen molar-refractivity contribution in [2.45, 2.75) is 25.0 Å². The first-order valence-corrected chi connectivity index (χ1v) is 8.31. The molecule has 0 aliphatic carbocycles. The van der Waals surface area contributed by atoms with E-state index in [2.05, 4.69) is 31.0 Å². The molecule has 0 aliphatic heterocycles. The number of aromatic nitrogens is 4. The van der Waals surface area contributed by atoms with Crippen LogP contribution < -0.4 is 0 Å². The third-order valence-corrected chi connectivity index (χ3v) is 4.65. The summed E-state index contributed by atoms with van der Waals surface area (Å²) in [4.78, 5) is 8.14. The summed E-state index contributed by atoms with van der Waals surface area (Å²) in [6, 6.07) is 6.64. The SMILES string of the molecule is C[C@H](c1ccc(Br)cn1)[C@@](O)(Cn1cncn1)c1ccc(F)cc1F. The molecule has 0 bridgehead atoms. The van der Waals surface area contributed by atoms with Crippen LogP contribution in [-0.4, -0.2) is 24.9 Å². The molecule has 130 valence electrons. The molecule has 2 atom stereocenters. The van der Waals surface area contributed by atoms with E-state index in [9.17, 15) is 13.9 Å². The normalized spacial score (nSPS) is 14.9. The van der Waals surface area contributed by atoms with E-state index in [-0.39, 0.29) is 12.1 Å². The van der Waals surface area contributed by atoms with E-state index in [1.165, 1.54) is 23.4 Å². The first-order chi connectivity index (χ1) is 11.9. The van der Waals surface area contributed by atoms with E-state index in [1.807, 2.05) is 0 Å². The Morgan fingerprint density at radius 3 is 2.68 bits per heavy atom. The standard InChI is InChI=1S/C17H15BrF2N4O/c1-11(16-5-2-12(18)7-22-16)17(25,8-24-10-21-9-23-24)14-4-3-13(19)6-15(14)20/h2-7,9-11,25H,8H2,1H3/t11-,17+/m1/s1. The number of hydrogen-bond donors (Lipinski definition) is 1. The molecule has 1 aromatic carbocycles. The van der Waals surface area contributed by atoms with Crippen LogP contribution >= 0.6 is 15.9 Å². The van der Waals surface area contributed by atoms with Gasteiger partial charge in [-0.2, -0.15) is 5.10 Å². The van der Waals surface area contributed by atoms with E-state index in [0.29, 0.717) is 5.69 Å². The highest BCUT2D eigenvalue weighted by atomic mass is 79.9. The zero-order chi connectivity index (χ0) is 18.0. The summed E-state index contributed by atoms with van der Waals surface area (Å²) in [6.45, 7) is 1.67. The van der Waals surface area contributed by atoms with Crippen LogP contribution in [0.1, 0.15) is 24.1 Å². The summed E-state index contributed by atoms with van der Waals surface area (Å²) in [6.07, 6.45) is 4.35. The zero-order valence-corrected chi connectivity index (χ0v) is 14.9. The molecule has 2 heterocycles. The summed E-state index contributed by atoms with van der Waals surface area (Å²) in [5, 5.41) is 15.4. The molecule has 0 aliphatic rings. The quantitative estimate of drug-likeness (QED) is 0.702. The Hall–Kier alpha value is -2.19. The largest absolute Gasteiger partial charge is 0.382 e. The molecule has 0 fully saturated rings. The second-order valence-corrected chi connectivity index (χ2v) is 6.68. The van der Waals surface area contributed by atoms with Crippen molar-refractivity contribution in [1.29, 1.82) is 0 Å². The maximum atomic E-state index is 14.4. The lowest BCUT2D eigenvalue weighted by Crippen LogP contribution is -2.38. The van der Waals surface area contributed by atoms with E-state index in [1.54, 1.807) is 25.3 Å². The molecular formula is C17H15BrF2N4O. The van der Waals surface area contributed by atoms with Gasteiger partial charge in [0.15, 0.2) is 0 Å². The summed E-state index contributed by atoms with van der Waals surface area (Å²) >= 11 is 3.31. The first-order valence-electron chi connectivity index (χ1n) is 7.52. The maximum absolute atomic E-state index is 14.4. The molecule has 0 saturated carbocycles. The Morgan fingerprint density at radius 2 is 2.08 bits per heavy atom. The summed E-state index contributed by atoms with van der Waals surface area (Å²) in [7, 11) is 0. The molecule has 3 aromatic rings. The maximum Gasteiger partial charge on any atom is 0.137 e. The molecule has 3 rings (SSSR count). The highest BCUT2D eigenvalue weighted by Crippen LogP contribution is 2.39. The van der Waals surface area contributed by atoms with Gasteiger partial charge in [-0.25, -0.2) is 18.4 Å². The summed E-state index contributed by atoms with van der Waals surface area (Å²) < 4.78 is 29.9. The van der Waals surface area contributed by atoms with Crippen molar-refractivity contribution in [2.75, 3.05) is 0 Å². The Kier molecular flexibility index (Phi) is 4.91. The lowest BCUT2D eigenvalue weighted by molar-refractivity contribution is -0.0123. The third-order valence-electron chi connectivity index (χ3n) is 4.18. The Bertz CT molecular complexity index is 858. The zero-order valence-electron chi connectivity index (χ0n) is 13.3. The van der Waals surface area contributed by atoms with Gasteiger partial charge < -0.3 is 5.11 Å². The Labute approximate surface area is 151 Å². The van der Waals surface area contributed by atoms with Gasteiger partial charge in [0.1, 0.15) is 29.9 Å². The smallest absolute Gasteiger partial charge is 0.137 e. The minimum absolute atomic E-state index is 0.0263. The van der Waals surface area contributed by atoms with Gasteiger partial charge in [0.05, 0.1) is 6.54 Å². The first kappa shape index (κ1) is 17.6. The molecule has 0 unspecified atom stereocenters. The van der Waals surface area contributed by atoms with Gasteiger partial charge in [0.25, 0.3) is 0 Å². The number of rotatable bonds is 5. The van der Waals surface area contributed by atoms with E-state index >= 15 is 0 Å². The second-order valence-electron chi connectivity index (χ2n) is 5.76. The molecule has 8 heteroatoms. The van der Waals surface area contributed by atoms with E-state index in [0.717, 1.165) is 16.6 Å². The van der Waals surface area contributed by atoms with Crippen LogP contribution in [0.25, 0.3) is 0 Å². The van der Waals surface area contributed by atoms with Crippen LogP contribution in [0.5, 0.6) is 0 Å². The topological polar surface area (TPSA) is 63.8 Å². The number of nitrogens with zero attached hydrogens (tertiary/aromatic N) is 4. The van der Waals surface area contributed by atoms with Crippen molar-refractivity contribution in [3.8, 4) is 0 Å². The average molecular weight is 409 g/mol. The van der Waals surface area contributed by atoms with Crippen molar-refractivity contribution in [2.24, 2.45) is 0 Å². The number of pyridine rings is 1. The van der Waals surface area contributed by atoms with Crippen LogP contribution in [0, 0.1) is 11.6 Å². The van der Waals surface area contributed by atoms with Crippen LogP contribution in [0.3, 0.4) is 0 Å². The molecule has 5 nitrogen and oxygen atoms in total. The fraction of sp³-hybridized carbons (Fsp3) is 0.235. The molecule has 0 saturated heterocycles. The van der Waals surface area contributed by atoms with Crippen molar-refractivity contribution in [3.05, 3.63) is 76.5 Å². The summed E-state index contributed by atoms with van der Waals surface area (Å²) in [5.74, 6) is -2.13. The van der Waals surface area contributed by atoms with Crippen molar-refractivity contribution < 1.29 is 13.9 Å². The average Bonchev–Trinajstić information content (AvgIpc) is 3.07. The van der Waals surface area contributed by atoms with Crippen LogP contribution in [-0.2, 0) is 12.1 Å². The lowest BCUT2D eigenvalue weighted by Gasteiger charge is -2.34. The molecule has 2 aromatic heterocycles. The van der Waals surface area contributed by atoms with Crippen LogP contribution in [0.4, 0.5) is 8.78 Å². The predicted octanol–water partition coefficient (Wildman–Crippen LogP) is 3.41. The van der Waals surface area contributed by atoms with Crippen LogP contribution in [0.15, 0.2) is 53.7 Å². The molecule has 0 amide bonds. The second kappa shape index (κ2) is 6.97. The minimum atomic E-state index is -1.70. The Balaban J connectivity index is 2.09. The molecular weight excluding hydrogens is 394 g/mol. The number of benzene rings is 1. The van der Waals surface area contributed by atoms with Gasteiger partial charge in [-0.15, -0.1) is 0 Å². The van der Waals surface area contributed by atoms with Gasteiger partial charge >= 0.3 is 0 Å². The molecule has 25 heavy (non-hydrogen) atoms. The fourth-order valence-corrected chi connectivity index (χ4v) is 2.98. The third kappa shape index (κ3) is 3.59. The van der Waals surface area contributed by atoms with Crippen molar-refractivity contribution in [3.63, 3.8) is 0 Å². The van der Waals surface area contributed by atoms with E-state index in [4.69, 9.17) is 0 Å². The van der Waals surface area contributed by atoms with Crippen LogP contribution in [0.2, 0.25) is 0 Å². The molecule has 0 radical (unpaired) electrons.